The maximum atomic E-state index is 10.7. The summed E-state index contributed by atoms with van der Waals surface area (Å²) >= 11 is 0. The number of rotatable bonds is 8. The van der Waals surface area contributed by atoms with Gasteiger partial charge in [-0.1, -0.05) is 56.3 Å². The molecule has 104 valence electrons. The molecule has 0 aliphatic carbocycles. The minimum absolute atomic E-state index is 0.249. The Balaban J connectivity index is 2.36. The van der Waals surface area contributed by atoms with Crippen LogP contribution in [0, 0.1) is 5.92 Å². The molecule has 1 N–H and O–H groups in total. The Bertz CT molecular complexity index is 395. The first kappa shape index (κ1) is 15.5. The van der Waals surface area contributed by atoms with Crippen molar-refractivity contribution in [1.29, 1.82) is 0 Å². The van der Waals surface area contributed by atoms with E-state index >= 15 is 0 Å². The van der Waals surface area contributed by atoms with E-state index in [1.54, 1.807) is 6.92 Å². The van der Waals surface area contributed by atoms with Crippen molar-refractivity contribution in [1.82, 2.24) is 0 Å². The number of aliphatic carboxylic acids is 1. The molecule has 0 aliphatic heterocycles. The highest BCUT2D eigenvalue weighted by atomic mass is 16.4. The van der Waals surface area contributed by atoms with Gasteiger partial charge in [-0.2, -0.15) is 0 Å². The molecule has 0 spiro atoms. The standard InChI is InChI=1S/C17H24O2/c1-3-15(16-12-8-5-9-13-16)11-7-4-6-10-14(2)17(18)19/h4-5,7-9,12-15H,3,6,10-11H2,1-2H3,(H,18,19). The van der Waals surface area contributed by atoms with Gasteiger partial charge in [-0.05, 0) is 37.2 Å². The molecule has 2 unspecified atom stereocenters. The molecule has 0 radical (unpaired) electrons. The fourth-order valence-corrected chi connectivity index (χ4v) is 2.11. The van der Waals surface area contributed by atoms with E-state index in [1.807, 2.05) is 6.07 Å². The van der Waals surface area contributed by atoms with Crippen LogP contribution in [0.2, 0.25) is 0 Å². The van der Waals surface area contributed by atoms with Gasteiger partial charge >= 0.3 is 5.97 Å². The maximum absolute atomic E-state index is 10.7. The second kappa shape index (κ2) is 8.52. The lowest BCUT2D eigenvalue weighted by Crippen LogP contribution is -2.08. The third-order valence-corrected chi connectivity index (χ3v) is 3.54. The van der Waals surface area contributed by atoms with Gasteiger partial charge in [0.1, 0.15) is 0 Å². The molecule has 0 fully saturated rings. The average molecular weight is 260 g/mol. The lowest BCUT2D eigenvalue weighted by atomic mass is 9.93. The van der Waals surface area contributed by atoms with E-state index in [0.717, 1.165) is 19.3 Å². The van der Waals surface area contributed by atoms with Crippen molar-refractivity contribution in [3.8, 4) is 0 Å². The summed E-state index contributed by atoms with van der Waals surface area (Å²) in [6.07, 6.45) is 8.02. The van der Waals surface area contributed by atoms with Crippen molar-refractivity contribution in [2.24, 2.45) is 5.92 Å². The number of carboxylic acid groups (broad SMARTS) is 1. The van der Waals surface area contributed by atoms with Crippen molar-refractivity contribution < 1.29 is 9.90 Å². The molecule has 0 heterocycles. The summed E-state index contributed by atoms with van der Waals surface area (Å²) in [6.45, 7) is 3.97. The highest BCUT2D eigenvalue weighted by Crippen LogP contribution is 2.23. The normalized spacial score (nSPS) is 14.4. The zero-order valence-corrected chi connectivity index (χ0v) is 11.9. The lowest BCUT2D eigenvalue weighted by molar-refractivity contribution is -0.141. The zero-order valence-electron chi connectivity index (χ0n) is 11.9. The maximum Gasteiger partial charge on any atom is 0.306 e. The molecule has 0 amide bonds. The van der Waals surface area contributed by atoms with Gasteiger partial charge in [-0.3, -0.25) is 4.79 Å². The van der Waals surface area contributed by atoms with E-state index in [0.29, 0.717) is 12.3 Å². The first-order valence-corrected chi connectivity index (χ1v) is 7.07. The first-order valence-electron chi connectivity index (χ1n) is 7.07. The van der Waals surface area contributed by atoms with E-state index < -0.39 is 5.97 Å². The van der Waals surface area contributed by atoms with Crippen LogP contribution in [0.4, 0.5) is 0 Å². The van der Waals surface area contributed by atoms with Gasteiger partial charge in [0.05, 0.1) is 5.92 Å². The predicted octanol–water partition coefficient (Wildman–Crippen LogP) is 4.63. The third-order valence-electron chi connectivity index (χ3n) is 3.54. The second-order valence-corrected chi connectivity index (χ2v) is 5.04. The van der Waals surface area contributed by atoms with Gasteiger partial charge in [0.15, 0.2) is 0 Å². The Hall–Kier alpha value is -1.57. The Kier molecular flexibility index (Phi) is 6.94. The molecule has 1 rings (SSSR count). The molecule has 0 aromatic heterocycles. The Morgan fingerprint density at radius 1 is 1.26 bits per heavy atom. The number of benzene rings is 1. The molecule has 2 heteroatoms. The smallest absolute Gasteiger partial charge is 0.306 e. The van der Waals surface area contributed by atoms with Gasteiger partial charge in [0.2, 0.25) is 0 Å². The fraction of sp³-hybridized carbons (Fsp3) is 0.471. The van der Waals surface area contributed by atoms with Crippen LogP contribution in [0.3, 0.4) is 0 Å². The molecule has 19 heavy (non-hydrogen) atoms. The Morgan fingerprint density at radius 2 is 1.95 bits per heavy atom. The van der Waals surface area contributed by atoms with Gasteiger partial charge in [-0.25, -0.2) is 0 Å². The van der Waals surface area contributed by atoms with Gasteiger partial charge in [-0.15, -0.1) is 0 Å². The van der Waals surface area contributed by atoms with Crippen molar-refractivity contribution in [2.75, 3.05) is 0 Å². The molecule has 0 saturated heterocycles. The molecular weight excluding hydrogens is 236 g/mol. The second-order valence-electron chi connectivity index (χ2n) is 5.04. The van der Waals surface area contributed by atoms with E-state index in [4.69, 9.17) is 5.11 Å². The number of hydrogen-bond acceptors (Lipinski definition) is 1. The van der Waals surface area contributed by atoms with Crippen molar-refractivity contribution in [2.45, 2.75) is 45.4 Å². The molecule has 1 aromatic carbocycles. The largest absolute Gasteiger partial charge is 0.481 e. The molecule has 0 saturated carbocycles. The topological polar surface area (TPSA) is 37.3 Å². The third kappa shape index (κ3) is 5.73. The van der Waals surface area contributed by atoms with Crippen molar-refractivity contribution in [3.05, 3.63) is 48.0 Å². The van der Waals surface area contributed by atoms with Crippen molar-refractivity contribution >= 4 is 5.97 Å². The van der Waals surface area contributed by atoms with E-state index in [-0.39, 0.29) is 5.92 Å². The summed E-state index contributed by atoms with van der Waals surface area (Å²) in [6, 6.07) is 10.6. The van der Waals surface area contributed by atoms with Crippen LogP contribution < -0.4 is 0 Å². The average Bonchev–Trinajstić information content (AvgIpc) is 2.43. The first-order chi connectivity index (χ1) is 9.15. The van der Waals surface area contributed by atoms with E-state index in [9.17, 15) is 4.79 Å². The van der Waals surface area contributed by atoms with Crippen molar-refractivity contribution in [3.63, 3.8) is 0 Å². The lowest BCUT2D eigenvalue weighted by Gasteiger charge is -2.12. The number of carboxylic acids is 1. The van der Waals surface area contributed by atoms with Crippen LogP contribution in [0.5, 0.6) is 0 Å². The van der Waals surface area contributed by atoms with Crippen LogP contribution in [0.15, 0.2) is 42.5 Å². The highest BCUT2D eigenvalue weighted by Gasteiger charge is 2.09. The summed E-state index contributed by atoms with van der Waals surface area (Å²) in [5.41, 5.74) is 1.38. The SMILES string of the molecule is CCC(CC=CCCC(C)C(=O)O)c1ccccc1. The van der Waals surface area contributed by atoms with Gasteiger partial charge in [0, 0.05) is 0 Å². The number of carbonyl (C=O) groups is 1. The summed E-state index contributed by atoms with van der Waals surface area (Å²) in [5, 5.41) is 8.79. The predicted molar refractivity (Wildman–Crippen MR) is 79.3 cm³/mol. The number of hydrogen-bond donors (Lipinski definition) is 1. The molecule has 0 aliphatic rings. The quantitative estimate of drug-likeness (QED) is 0.692. The van der Waals surface area contributed by atoms with Crippen LogP contribution >= 0.6 is 0 Å². The number of allylic oxidation sites excluding steroid dienone is 2. The summed E-state index contributed by atoms with van der Waals surface area (Å²) < 4.78 is 0. The molecule has 0 bridgehead atoms. The summed E-state index contributed by atoms with van der Waals surface area (Å²) in [7, 11) is 0. The molecule has 2 atom stereocenters. The Morgan fingerprint density at radius 3 is 2.53 bits per heavy atom. The van der Waals surface area contributed by atoms with E-state index in [2.05, 4.69) is 43.3 Å². The monoisotopic (exact) mass is 260 g/mol. The van der Waals surface area contributed by atoms with Crippen LogP contribution in [0.25, 0.3) is 0 Å². The molecular formula is C17H24O2. The zero-order chi connectivity index (χ0) is 14.1. The van der Waals surface area contributed by atoms with Gasteiger partial charge < -0.3 is 5.11 Å². The van der Waals surface area contributed by atoms with E-state index in [1.165, 1.54) is 5.56 Å². The summed E-state index contributed by atoms with van der Waals surface area (Å²) in [4.78, 5) is 10.7. The fourth-order valence-electron chi connectivity index (χ4n) is 2.11. The van der Waals surface area contributed by atoms with Crippen LogP contribution in [-0.2, 0) is 4.79 Å². The Labute approximate surface area is 116 Å². The minimum atomic E-state index is -0.705. The summed E-state index contributed by atoms with van der Waals surface area (Å²) in [5.74, 6) is -0.390. The van der Waals surface area contributed by atoms with Crippen LogP contribution in [-0.4, -0.2) is 11.1 Å². The molecule has 1 aromatic rings. The minimum Gasteiger partial charge on any atom is -0.481 e. The molecule has 2 nitrogen and oxygen atoms in total. The van der Waals surface area contributed by atoms with Gasteiger partial charge in [0.25, 0.3) is 0 Å². The van der Waals surface area contributed by atoms with Crippen LogP contribution in [0.1, 0.15) is 51.0 Å². The highest BCUT2D eigenvalue weighted by molar-refractivity contribution is 5.69.